The molecule has 0 heterocycles. The number of benzene rings is 2. The van der Waals surface area contributed by atoms with Crippen molar-refractivity contribution in [2.45, 2.75) is 13.8 Å². The Morgan fingerprint density at radius 1 is 1.17 bits per heavy atom. The van der Waals surface area contributed by atoms with E-state index in [0.717, 1.165) is 0 Å². The van der Waals surface area contributed by atoms with Crippen molar-refractivity contribution in [2.24, 2.45) is 0 Å². The molecule has 0 bridgehead atoms. The van der Waals surface area contributed by atoms with E-state index in [0.29, 0.717) is 22.5 Å². The first-order chi connectivity index (χ1) is 10.9. The average Bonchev–Trinajstić information content (AvgIpc) is 2.50. The Morgan fingerprint density at radius 3 is 2.52 bits per heavy atom. The Labute approximate surface area is 132 Å². The SMILES string of the molecule is Cc1ccc(NCC(=O)Nc2ccc([N+](=O)[O-])cc2C)cc1F. The van der Waals surface area contributed by atoms with Crippen molar-refractivity contribution in [2.75, 3.05) is 17.2 Å². The highest BCUT2D eigenvalue weighted by atomic mass is 19.1. The highest BCUT2D eigenvalue weighted by Gasteiger charge is 2.10. The Kier molecular flexibility index (Phi) is 4.90. The first kappa shape index (κ1) is 16.4. The van der Waals surface area contributed by atoms with Crippen molar-refractivity contribution >= 4 is 23.0 Å². The van der Waals surface area contributed by atoms with Gasteiger partial charge in [-0.2, -0.15) is 0 Å². The largest absolute Gasteiger partial charge is 0.376 e. The van der Waals surface area contributed by atoms with Gasteiger partial charge in [0.05, 0.1) is 11.5 Å². The number of hydrogen-bond donors (Lipinski definition) is 2. The number of nitrogens with one attached hydrogen (secondary N) is 2. The average molecular weight is 317 g/mol. The molecular weight excluding hydrogens is 301 g/mol. The van der Waals surface area contributed by atoms with Gasteiger partial charge in [-0.1, -0.05) is 6.07 Å². The fourth-order valence-electron chi connectivity index (χ4n) is 1.98. The maximum atomic E-state index is 13.4. The summed E-state index contributed by atoms with van der Waals surface area (Å²) in [5, 5.41) is 16.2. The first-order valence-corrected chi connectivity index (χ1v) is 6.92. The lowest BCUT2D eigenvalue weighted by atomic mass is 10.2. The van der Waals surface area contributed by atoms with Crippen molar-refractivity contribution in [1.29, 1.82) is 0 Å². The highest BCUT2D eigenvalue weighted by Crippen LogP contribution is 2.21. The predicted molar refractivity (Wildman–Crippen MR) is 86.1 cm³/mol. The number of nitro groups is 1. The van der Waals surface area contributed by atoms with Gasteiger partial charge in [-0.05, 0) is 43.2 Å². The number of halogens is 1. The van der Waals surface area contributed by atoms with E-state index in [2.05, 4.69) is 10.6 Å². The third kappa shape index (κ3) is 4.26. The quantitative estimate of drug-likeness (QED) is 0.654. The van der Waals surface area contributed by atoms with E-state index < -0.39 is 4.92 Å². The van der Waals surface area contributed by atoms with Crippen LogP contribution in [0.15, 0.2) is 36.4 Å². The standard InChI is InChI=1S/C16H16FN3O3/c1-10-3-4-12(8-14(10)17)18-9-16(21)19-15-6-5-13(20(22)23)7-11(15)2/h3-8,18H,9H2,1-2H3,(H,19,21). The van der Waals surface area contributed by atoms with Gasteiger partial charge in [0, 0.05) is 23.5 Å². The molecule has 0 aliphatic rings. The number of aryl methyl sites for hydroxylation is 2. The minimum absolute atomic E-state index is 0.0336. The molecule has 23 heavy (non-hydrogen) atoms. The van der Waals surface area contributed by atoms with Gasteiger partial charge in [-0.15, -0.1) is 0 Å². The molecule has 120 valence electrons. The second kappa shape index (κ2) is 6.87. The number of amides is 1. The van der Waals surface area contributed by atoms with Gasteiger partial charge in [-0.25, -0.2) is 4.39 Å². The summed E-state index contributed by atoms with van der Waals surface area (Å²) in [6.07, 6.45) is 0. The topological polar surface area (TPSA) is 84.3 Å². The maximum absolute atomic E-state index is 13.4. The van der Waals surface area contributed by atoms with Crippen molar-refractivity contribution in [3.05, 3.63) is 63.5 Å². The molecule has 0 unspecified atom stereocenters. The van der Waals surface area contributed by atoms with Crippen LogP contribution in [0.25, 0.3) is 0 Å². The molecule has 7 heteroatoms. The summed E-state index contributed by atoms with van der Waals surface area (Å²) >= 11 is 0. The van der Waals surface area contributed by atoms with Crippen molar-refractivity contribution in [3.8, 4) is 0 Å². The molecule has 0 aliphatic carbocycles. The van der Waals surface area contributed by atoms with Crippen LogP contribution in [-0.4, -0.2) is 17.4 Å². The van der Waals surface area contributed by atoms with E-state index in [-0.39, 0.29) is 24.0 Å². The van der Waals surface area contributed by atoms with Gasteiger partial charge in [0.25, 0.3) is 5.69 Å². The minimum Gasteiger partial charge on any atom is -0.376 e. The van der Waals surface area contributed by atoms with Crippen LogP contribution in [0, 0.1) is 29.8 Å². The Hall–Kier alpha value is -2.96. The molecule has 0 radical (unpaired) electrons. The normalized spacial score (nSPS) is 10.2. The molecule has 2 aromatic rings. The van der Waals surface area contributed by atoms with Crippen LogP contribution in [0.4, 0.5) is 21.5 Å². The molecule has 0 saturated heterocycles. The van der Waals surface area contributed by atoms with Crippen LogP contribution >= 0.6 is 0 Å². The molecule has 2 aromatic carbocycles. The van der Waals surface area contributed by atoms with Crippen LogP contribution in [0.5, 0.6) is 0 Å². The molecule has 0 aliphatic heterocycles. The van der Waals surface area contributed by atoms with Gasteiger partial charge in [0.2, 0.25) is 5.91 Å². The zero-order valence-electron chi connectivity index (χ0n) is 12.7. The molecule has 6 nitrogen and oxygen atoms in total. The van der Waals surface area contributed by atoms with Crippen LogP contribution in [-0.2, 0) is 4.79 Å². The van der Waals surface area contributed by atoms with E-state index in [9.17, 15) is 19.3 Å². The van der Waals surface area contributed by atoms with E-state index in [1.54, 1.807) is 26.0 Å². The number of nitrogens with zero attached hydrogens (tertiary/aromatic N) is 1. The van der Waals surface area contributed by atoms with Crippen LogP contribution < -0.4 is 10.6 Å². The summed E-state index contributed by atoms with van der Waals surface area (Å²) in [6.45, 7) is 3.29. The number of carbonyl (C=O) groups is 1. The third-order valence-corrected chi connectivity index (χ3v) is 3.32. The van der Waals surface area contributed by atoms with E-state index in [1.807, 2.05) is 0 Å². The van der Waals surface area contributed by atoms with Gasteiger partial charge in [-0.3, -0.25) is 14.9 Å². The third-order valence-electron chi connectivity index (χ3n) is 3.32. The van der Waals surface area contributed by atoms with E-state index in [4.69, 9.17) is 0 Å². The molecule has 0 fully saturated rings. The van der Waals surface area contributed by atoms with Crippen LogP contribution in [0.1, 0.15) is 11.1 Å². The van der Waals surface area contributed by atoms with Crippen molar-refractivity contribution in [3.63, 3.8) is 0 Å². The van der Waals surface area contributed by atoms with Crippen molar-refractivity contribution < 1.29 is 14.1 Å². The molecule has 0 saturated carbocycles. The molecular formula is C16H16FN3O3. The molecule has 2 N–H and O–H groups in total. The Balaban J connectivity index is 1.97. The molecule has 0 spiro atoms. The summed E-state index contributed by atoms with van der Waals surface area (Å²) in [7, 11) is 0. The summed E-state index contributed by atoms with van der Waals surface area (Å²) in [5.41, 5.74) is 2.09. The summed E-state index contributed by atoms with van der Waals surface area (Å²) in [5.74, 6) is -0.676. The van der Waals surface area contributed by atoms with Crippen LogP contribution in [0.2, 0.25) is 0 Å². The van der Waals surface area contributed by atoms with Gasteiger partial charge >= 0.3 is 0 Å². The predicted octanol–water partition coefficient (Wildman–Crippen LogP) is 3.40. The fraction of sp³-hybridized carbons (Fsp3) is 0.188. The number of hydrogen-bond acceptors (Lipinski definition) is 4. The van der Waals surface area contributed by atoms with Crippen LogP contribution in [0.3, 0.4) is 0 Å². The number of carbonyl (C=O) groups excluding carboxylic acids is 1. The smallest absolute Gasteiger partial charge is 0.269 e. The van der Waals surface area contributed by atoms with E-state index >= 15 is 0 Å². The first-order valence-electron chi connectivity index (χ1n) is 6.92. The number of rotatable bonds is 5. The summed E-state index contributed by atoms with van der Waals surface area (Å²) in [6, 6.07) is 8.82. The molecule has 0 aromatic heterocycles. The number of anilines is 2. The van der Waals surface area contributed by atoms with E-state index in [1.165, 1.54) is 24.3 Å². The zero-order chi connectivity index (χ0) is 17.0. The van der Waals surface area contributed by atoms with Gasteiger partial charge < -0.3 is 10.6 Å². The van der Waals surface area contributed by atoms with Gasteiger partial charge in [0.15, 0.2) is 0 Å². The Bertz CT molecular complexity index is 762. The lowest BCUT2D eigenvalue weighted by Gasteiger charge is -2.10. The second-order valence-corrected chi connectivity index (χ2v) is 5.12. The molecule has 1 amide bonds. The Morgan fingerprint density at radius 2 is 1.91 bits per heavy atom. The lowest BCUT2D eigenvalue weighted by Crippen LogP contribution is -2.22. The maximum Gasteiger partial charge on any atom is 0.269 e. The lowest BCUT2D eigenvalue weighted by molar-refractivity contribution is -0.384. The minimum atomic E-state index is -0.494. The second-order valence-electron chi connectivity index (χ2n) is 5.12. The fourth-order valence-corrected chi connectivity index (χ4v) is 1.98. The number of non-ortho nitro benzene ring substituents is 1. The monoisotopic (exact) mass is 317 g/mol. The summed E-state index contributed by atoms with van der Waals surface area (Å²) in [4.78, 5) is 22.1. The summed E-state index contributed by atoms with van der Waals surface area (Å²) < 4.78 is 13.4. The van der Waals surface area contributed by atoms with Crippen molar-refractivity contribution in [1.82, 2.24) is 0 Å². The number of nitro benzene ring substituents is 1. The highest BCUT2D eigenvalue weighted by molar-refractivity contribution is 5.94. The molecule has 0 atom stereocenters. The van der Waals surface area contributed by atoms with Gasteiger partial charge in [0.1, 0.15) is 5.82 Å². The molecule has 2 rings (SSSR count). The zero-order valence-corrected chi connectivity index (χ0v) is 12.7.